The monoisotopic (exact) mass is 462 g/mol. The van der Waals surface area contributed by atoms with Gasteiger partial charge in [0.1, 0.15) is 0 Å². The summed E-state index contributed by atoms with van der Waals surface area (Å²) in [5.74, 6) is -2.44. The van der Waals surface area contributed by atoms with E-state index in [9.17, 15) is 9.59 Å². The van der Waals surface area contributed by atoms with Gasteiger partial charge in [0.2, 0.25) is 0 Å². The first-order valence-corrected chi connectivity index (χ1v) is 11.8. The largest absolute Gasteiger partial charge is 0.465 e. The lowest BCUT2D eigenvalue weighted by Crippen LogP contribution is -2.37. The van der Waals surface area contributed by atoms with Crippen LogP contribution >= 0.6 is 11.3 Å². The van der Waals surface area contributed by atoms with Crippen molar-refractivity contribution in [2.24, 2.45) is 5.92 Å². The van der Waals surface area contributed by atoms with Crippen LogP contribution in [-0.4, -0.2) is 30.1 Å². The molecule has 1 aromatic heterocycles. The molecule has 0 amide bonds. The number of benzene rings is 3. The van der Waals surface area contributed by atoms with Crippen molar-refractivity contribution in [3.05, 3.63) is 71.8 Å². The molecular formula is C26H26N2O4S. The standard InChI is InChI=1S/C26H26N2O4S/c1-4-31-24(29)21(25(30)32-5-2)23(19-14-9-12-17-11-6-7-13-18(17)19)28-26-27-22-16(3)10-8-15-20(22)33-26/h6-15,21,23H,4-5H2,1-3H3,(H,27,28). The smallest absolute Gasteiger partial charge is 0.322 e. The zero-order chi connectivity index (χ0) is 23.4. The van der Waals surface area contributed by atoms with Crippen LogP contribution in [-0.2, 0) is 19.1 Å². The number of fused-ring (bicyclic) bond motifs is 2. The Hall–Kier alpha value is -3.45. The Morgan fingerprint density at radius 2 is 1.61 bits per heavy atom. The molecule has 7 heteroatoms. The number of ether oxygens (including phenoxy) is 2. The first-order chi connectivity index (χ1) is 16.0. The van der Waals surface area contributed by atoms with Gasteiger partial charge in [-0.25, -0.2) is 4.98 Å². The van der Waals surface area contributed by atoms with Crippen molar-refractivity contribution in [3.8, 4) is 0 Å². The summed E-state index contributed by atoms with van der Waals surface area (Å²) in [5.41, 5.74) is 2.76. The Balaban J connectivity index is 1.86. The molecule has 170 valence electrons. The quantitative estimate of drug-likeness (QED) is 0.269. The normalized spacial score (nSPS) is 12.1. The van der Waals surface area contributed by atoms with Gasteiger partial charge in [0.25, 0.3) is 0 Å². The topological polar surface area (TPSA) is 77.5 Å². The number of esters is 2. The van der Waals surface area contributed by atoms with Crippen molar-refractivity contribution >= 4 is 49.4 Å². The molecule has 0 aliphatic heterocycles. The lowest BCUT2D eigenvalue weighted by molar-refractivity contribution is -0.162. The zero-order valence-corrected chi connectivity index (χ0v) is 19.6. The number of carbonyl (C=O) groups excluding carboxylic acids is 2. The summed E-state index contributed by atoms with van der Waals surface area (Å²) in [6, 6.07) is 19.0. The van der Waals surface area contributed by atoms with Crippen LogP contribution in [0.1, 0.15) is 31.0 Å². The number of aromatic nitrogens is 1. The van der Waals surface area contributed by atoms with E-state index < -0.39 is 23.9 Å². The second-order valence-corrected chi connectivity index (χ2v) is 8.64. The summed E-state index contributed by atoms with van der Waals surface area (Å²) >= 11 is 1.48. The number of anilines is 1. The number of nitrogens with one attached hydrogen (secondary N) is 1. The third-order valence-electron chi connectivity index (χ3n) is 5.47. The summed E-state index contributed by atoms with van der Waals surface area (Å²) in [6.45, 7) is 5.77. The molecule has 0 radical (unpaired) electrons. The fourth-order valence-electron chi connectivity index (χ4n) is 3.98. The highest BCUT2D eigenvalue weighted by atomic mass is 32.1. The molecule has 4 rings (SSSR count). The Kier molecular flexibility index (Phi) is 6.89. The van der Waals surface area contributed by atoms with E-state index in [2.05, 4.69) is 5.32 Å². The predicted octanol–water partition coefficient (Wildman–Crippen LogP) is 5.65. The van der Waals surface area contributed by atoms with Crippen LogP contribution in [0.15, 0.2) is 60.7 Å². The molecule has 1 unspecified atom stereocenters. The third kappa shape index (κ3) is 4.68. The van der Waals surface area contributed by atoms with Crippen molar-refractivity contribution in [1.29, 1.82) is 0 Å². The highest BCUT2D eigenvalue weighted by molar-refractivity contribution is 7.22. The zero-order valence-electron chi connectivity index (χ0n) is 18.8. The minimum atomic E-state index is -1.19. The van der Waals surface area contributed by atoms with E-state index in [0.717, 1.165) is 32.1 Å². The van der Waals surface area contributed by atoms with Crippen LogP contribution < -0.4 is 5.32 Å². The Labute approximate surface area is 196 Å². The van der Waals surface area contributed by atoms with Crippen LogP contribution in [0.5, 0.6) is 0 Å². The van der Waals surface area contributed by atoms with Gasteiger partial charge in [-0.2, -0.15) is 0 Å². The number of carbonyl (C=O) groups is 2. The summed E-state index contributed by atoms with van der Waals surface area (Å²) in [5, 5.41) is 5.96. The number of nitrogens with zero attached hydrogens (tertiary/aromatic N) is 1. The Bertz CT molecular complexity index is 1280. The second-order valence-electron chi connectivity index (χ2n) is 7.61. The lowest BCUT2D eigenvalue weighted by Gasteiger charge is -2.26. The number of hydrogen-bond donors (Lipinski definition) is 1. The van der Waals surface area contributed by atoms with Gasteiger partial charge >= 0.3 is 11.9 Å². The number of hydrogen-bond acceptors (Lipinski definition) is 7. The van der Waals surface area contributed by atoms with Gasteiger partial charge in [0, 0.05) is 0 Å². The number of aryl methyl sites for hydroxylation is 1. The molecule has 1 N–H and O–H groups in total. The van der Waals surface area contributed by atoms with Crippen molar-refractivity contribution in [2.45, 2.75) is 26.8 Å². The SMILES string of the molecule is CCOC(=O)C(C(=O)OCC)C(Nc1nc2c(C)cccc2s1)c1cccc2ccccc12. The molecular weight excluding hydrogens is 436 g/mol. The second kappa shape index (κ2) is 10.0. The molecule has 0 saturated heterocycles. The lowest BCUT2D eigenvalue weighted by atomic mass is 9.89. The average molecular weight is 463 g/mol. The van der Waals surface area contributed by atoms with E-state index in [-0.39, 0.29) is 13.2 Å². The van der Waals surface area contributed by atoms with Crippen molar-refractivity contribution < 1.29 is 19.1 Å². The van der Waals surface area contributed by atoms with Gasteiger partial charge < -0.3 is 14.8 Å². The molecule has 0 aliphatic rings. The minimum Gasteiger partial charge on any atom is -0.465 e. The average Bonchev–Trinajstić information content (AvgIpc) is 3.23. The van der Waals surface area contributed by atoms with Crippen LogP contribution in [0.2, 0.25) is 0 Å². The first-order valence-electron chi connectivity index (χ1n) is 11.0. The maximum atomic E-state index is 13.0. The molecule has 0 aliphatic carbocycles. The van der Waals surface area contributed by atoms with Gasteiger partial charge in [-0.1, -0.05) is 65.9 Å². The van der Waals surface area contributed by atoms with E-state index in [0.29, 0.717) is 5.13 Å². The van der Waals surface area contributed by atoms with Crippen LogP contribution in [0.3, 0.4) is 0 Å². The van der Waals surface area contributed by atoms with Crippen molar-refractivity contribution in [3.63, 3.8) is 0 Å². The maximum absolute atomic E-state index is 13.0. The van der Waals surface area contributed by atoms with Crippen LogP contribution in [0.4, 0.5) is 5.13 Å². The number of thiazole rings is 1. The first kappa shape index (κ1) is 22.7. The van der Waals surface area contributed by atoms with Crippen LogP contribution in [0, 0.1) is 12.8 Å². The summed E-state index contributed by atoms with van der Waals surface area (Å²) in [4.78, 5) is 30.8. The minimum absolute atomic E-state index is 0.164. The van der Waals surface area contributed by atoms with Gasteiger partial charge in [0.15, 0.2) is 11.0 Å². The highest BCUT2D eigenvalue weighted by Gasteiger charge is 2.39. The molecule has 0 bridgehead atoms. The molecule has 0 saturated carbocycles. The molecule has 3 aromatic carbocycles. The van der Waals surface area contributed by atoms with Gasteiger partial charge in [-0.15, -0.1) is 0 Å². The van der Waals surface area contributed by atoms with Crippen molar-refractivity contribution in [1.82, 2.24) is 4.98 Å². The molecule has 1 atom stereocenters. The van der Waals surface area contributed by atoms with Crippen molar-refractivity contribution in [2.75, 3.05) is 18.5 Å². The maximum Gasteiger partial charge on any atom is 0.322 e. The molecule has 0 fully saturated rings. The fraction of sp³-hybridized carbons (Fsp3) is 0.269. The number of rotatable bonds is 8. The molecule has 4 aromatic rings. The van der Waals surface area contributed by atoms with E-state index in [4.69, 9.17) is 14.5 Å². The highest BCUT2D eigenvalue weighted by Crippen LogP contribution is 2.36. The third-order valence-corrected chi connectivity index (χ3v) is 6.42. The molecule has 1 heterocycles. The van der Waals surface area contributed by atoms with E-state index in [1.807, 2.05) is 67.6 Å². The number of para-hydroxylation sites is 1. The molecule has 6 nitrogen and oxygen atoms in total. The fourth-order valence-corrected chi connectivity index (χ4v) is 4.96. The Morgan fingerprint density at radius 1 is 0.939 bits per heavy atom. The summed E-state index contributed by atoms with van der Waals surface area (Å²) in [6.07, 6.45) is 0. The van der Waals surface area contributed by atoms with E-state index in [1.54, 1.807) is 13.8 Å². The van der Waals surface area contributed by atoms with Gasteiger partial charge in [0.05, 0.1) is 29.5 Å². The van der Waals surface area contributed by atoms with E-state index >= 15 is 0 Å². The van der Waals surface area contributed by atoms with Gasteiger partial charge in [-0.05, 0) is 48.7 Å². The van der Waals surface area contributed by atoms with Gasteiger partial charge in [-0.3, -0.25) is 9.59 Å². The summed E-state index contributed by atoms with van der Waals surface area (Å²) in [7, 11) is 0. The molecule has 33 heavy (non-hydrogen) atoms. The molecule has 0 spiro atoms. The predicted molar refractivity (Wildman–Crippen MR) is 131 cm³/mol. The van der Waals surface area contributed by atoms with Crippen LogP contribution in [0.25, 0.3) is 21.0 Å². The summed E-state index contributed by atoms with van der Waals surface area (Å²) < 4.78 is 11.6. The Morgan fingerprint density at radius 3 is 2.30 bits per heavy atom. The van der Waals surface area contributed by atoms with E-state index in [1.165, 1.54) is 11.3 Å².